The third-order valence-electron chi connectivity index (χ3n) is 4.21. The summed E-state index contributed by atoms with van der Waals surface area (Å²) >= 11 is 0. The molecule has 1 aromatic rings. The van der Waals surface area contributed by atoms with Crippen molar-refractivity contribution in [1.82, 2.24) is 9.55 Å². The van der Waals surface area contributed by atoms with Gasteiger partial charge in [-0.15, -0.1) is 0 Å². The summed E-state index contributed by atoms with van der Waals surface area (Å²) in [4.78, 5) is 39.0. The van der Waals surface area contributed by atoms with Gasteiger partial charge in [-0.05, 0) is 11.5 Å². The third kappa shape index (κ3) is 4.95. The van der Waals surface area contributed by atoms with Gasteiger partial charge in [0.25, 0.3) is 0 Å². The van der Waals surface area contributed by atoms with E-state index in [-0.39, 0.29) is 30.9 Å². The number of rotatable bonds is 6. The van der Waals surface area contributed by atoms with Crippen molar-refractivity contribution < 1.29 is 38.5 Å². The standard InChI is InChI=1S/C17H23N3O9/c1-17(2,3)8-26-15(22)25-7-5-9-11-12(29-16(23)28-11)13(27-9)20-6-4-10(19-24)18-14(20)21/h4,6,9,11-13,24H,5,7-8H2,1-3H3,(H,18,19,21)/t9-,11-,12-,13-/m1/s1. The molecular formula is C17H23N3O9. The van der Waals surface area contributed by atoms with Gasteiger partial charge in [-0.1, -0.05) is 20.8 Å². The van der Waals surface area contributed by atoms with Crippen LogP contribution in [0.3, 0.4) is 0 Å². The first-order chi connectivity index (χ1) is 13.7. The second-order valence-electron chi connectivity index (χ2n) is 7.83. The van der Waals surface area contributed by atoms with Gasteiger partial charge >= 0.3 is 18.0 Å². The highest BCUT2D eigenvalue weighted by Gasteiger charge is 2.55. The fourth-order valence-electron chi connectivity index (χ4n) is 2.93. The first kappa shape index (κ1) is 20.9. The summed E-state index contributed by atoms with van der Waals surface area (Å²) in [5.41, 5.74) is 0.858. The van der Waals surface area contributed by atoms with Crippen LogP contribution < -0.4 is 11.2 Å². The van der Waals surface area contributed by atoms with E-state index >= 15 is 0 Å². The lowest BCUT2D eigenvalue weighted by molar-refractivity contribution is -0.0666. The summed E-state index contributed by atoms with van der Waals surface area (Å²) in [5.74, 6) is -0.0424. The lowest BCUT2D eigenvalue weighted by Crippen LogP contribution is -2.34. The van der Waals surface area contributed by atoms with Crippen LogP contribution in [0.4, 0.5) is 15.4 Å². The Bertz CT molecular complexity index is 819. The van der Waals surface area contributed by atoms with E-state index in [1.54, 1.807) is 5.48 Å². The monoisotopic (exact) mass is 413 g/mol. The summed E-state index contributed by atoms with van der Waals surface area (Å²) < 4.78 is 27.2. The minimum Gasteiger partial charge on any atom is -0.434 e. The second-order valence-corrected chi connectivity index (χ2v) is 7.83. The predicted octanol–water partition coefficient (Wildman–Crippen LogP) is 1.44. The zero-order valence-electron chi connectivity index (χ0n) is 16.2. The van der Waals surface area contributed by atoms with Crippen LogP contribution in [0, 0.1) is 5.41 Å². The fraction of sp³-hybridized carbons (Fsp3) is 0.647. The summed E-state index contributed by atoms with van der Waals surface area (Å²) in [6.45, 7) is 5.92. The molecule has 12 nitrogen and oxygen atoms in total. The van der Waals surface area contributed by atoms with Gasteiger partial charge in [0.15, 0.2) is 24.3 Å². The number of anilines is 1. The average Bonchev–Trinajstić information content (AvgIpc) is 3.17. The van der Waals surface area contributed by atoms with E-state index in [1.165, 1.54) is 12.3 Å². The molecule has 0 amide bonds. The Hall–Kier alpha value is -2.86. The van der Waals surface area contributed by atoms with Crippen molar-refractivity contribution in [2.45, 2.75) is 51.7 Å². The lowest BCUT2D eigenvalue weighted by Gasteiger charge is -2.19. The molecular weight excluding hydrogens is 390 g/mol. The van der Waals surface area contributed by atoms with E-state index in [1.807, 2.05) is 20.8 Å². The van der Waals surface area contributed by atoms with Gasteiger partial charge in [0.2, 0.25) is 0 Å². The van der Waals surface area contributed by atoms with Crippen LogP contribution in [0.2, 0.25) is 0 Å². The highest BCUT2D eigenvalue weighted by Crippen LogP contribution is 2.38. The van der Waals surface area contributed by atoms with Gasteiger partial charge in [-0.25, -0.2) is 14.4 Å². The Morgan fingerprint density at radius 3 is 2.66 bits per heavy atom. The number of hydrogen-bond acceptors (Lipinski definition) is 11. The van der Waals surface area contributed by atoms with E-state index in [4.69, 9.17) is 28.9 Å². The predicted molar refractivity (Wildman–Crippen MR) is 94.3 cm³/mol. The number of nitrogens with one attached hydrogen (secondary N) is 1. The largest absolute Gasteiger partial charge is 0.509 e. The molecule has 2 N–H and O–H groups in total. The molecule has 2 aliphatic heterocycles. The van der Waals surface area contributed by atoms with Crippen LogP contribution in [0.15, 0.2) is 17.1 Å². The summed E-state index contributed by atoms with van der Waals surface area (Å²) in [6, 6.07) is 1.35. The van der Waals surface area contributed by atoms with Crippen LogP contribution >= 0.6 is 0 Å². The van der Waals surface area contributed by atoms with Gasteiger partial charge in [0, 0.05) is 12.6 Å². The molecule has 0 aliphatic carbocycles. The minimum absolute atomic E-state index is 0.0400. The molecule has 160 valence electrons. The number of hydrogen-bond donors (Lipinski definition) is 2. The SMILES string of the molecule is CC(C)(C)COC(=O)OCC[C@H]1O[C@@H](n2ccc(NO)nc2=O)[C@@H]2OC(=O)O[C@@H]21. The molecule has 12 heteroatoms. The lowest BCUT2D eigenvalue weighted by atomic mass is 9.99. The smallest absolute Gasteiger partial charge is 0.434 e. The van der Waals surface area contributed by atoms with Crippen molar-refractivity contribution in [2.75, 3.05) is 18.7 Å². The molecule has 3 heterocycles. The molecule has 0 bridgehead atoms. The second kappa shape index (κ2) is 8.25. The molecule has 2 saturated heterocycles. The highest BCUT2D eigenvalue weighted by molar-refractivity contribution is 5.63. The molecule has 0 aromatic carbocycles. The van der Waals surface area contributed by atoms with Crippen molar-refractivity contribution in [3.05, 3.63) is 22.7 Å². The Labute approximate surface area is 165 Å². The Morgan fingerprint density at radius 1 is 1.28 bits per heavy atom. The van der Waals surface area contributed by atoms with Crippen molar-refractivity contribution in [3.8, 4) is 0 Å². The van der Waals surface area contributed by atoms with Crippen molar-refractivity contribution in [1.29, 1.82) is 0 Å². The molecule has 1 aromatic heterocycles. The molecule has 0 saturated carbocycles. The van der Waals surface area contributed by atoms with Gasteiger partial charge in [0.05, 0.1) is 13.2 Å². The Kier molecular flexibility index (Phi) is 5.94. The number of fused-ring (bicyclic) bond motifs is 1. The van der Waals surface area contributed by atoms with Gasteiger partial charge in [0.1, 0.15) is 6.10 Å². The molecule has 2 fully saturated rings. The van der Waals surface area contributed by atoms with Crippen molar-refractivity contribution in [2.24, 2.45) is 5.41 Å². The highest BCUT2D eigenvalue weighted by atomic mass is 16.8. The fourth-order valence-corrected chi connectivity index (χ4v) is 2.93. The molecule has 29 heavy (non-hydrogen) atoms. The van der Waals surface area contributed by atoms with E-state index < -0.39 is 42.5 Å². The minimum atomic E-state index is -0.975. The van der Waals surface area contributed by atoms with E-state index in [0.29, 0.717) is 0 Å². The van der Waals surface area contributed by atoms with Gasteiger partial charge in [-0.3, -0.25) is 15.3 Å². The summed E-state index contributed by atoms with van der Waals surface area (Å²) in [7, 11) is 0. The number of aromatic nitrogens is 2. The zero-order valence-corrected chi connectivity index (χ0v) is 16.2. The topological polar surface area (TPSA) is 147 Å². The molecule has 0 unspecified atom stereocenters. The first-order valence-corrected chi connectivity index (χ1v) is 8.99. The summed E-state index contributed by atoms with van der Waals surface area (Å²) in [6.07, 6.45) is -3.44. The van der Waals surface area contributed by atoms with Crippen molar-refractivity contribution >= 4 is 18.1 Å². The Morgan fingerprint density at radius 2 is 2.00 bits per heavy atom. The van der Waals surface area contributed by atoms with Crippen LogP contribution in [0.25, 0.3) is 0 Å². The number of ether oxygens (including phenoxy) is 5. The molecule has 2 aliphatic rings. The van der Waals surface area contributed by atoms with Gasteiger partial charge < -0.3 is 23.7 Å². The van der Waals surface area contributed by atoms with E-state index in [2.05, 4.69) is 4.98 Å². The maximum Gasteiger partial charge on any atom is 0.509 e. The quantitative estimate of drug-likeness (QED) is 0.515. The molecule has 0 radical (unpaired) electrons. The number of nitrogens with zero attached hydrogens (tertiary/aromatic N) is 2. The average molecular weight is 413 g/mol. The molecule has 0 spiro atoms. The number of carbonyl (C=O) groups is 2. The first-order valence-electron chi connectivity index (χ1n) is 8.99. The zero-order chi connectivity index (χ0) is 21.2. The van der Waals surface area contributed by atoms with Crippen LogP contribution in [-0.4, -0.2) is 58.6 Å². The molecule has 4 atom stereocenters. The van der Waals surface area contributed by atoms with Crippen molar-refractivity contribution in [3.63, 3.8) is 0 Å². The van der Waals surface area contributed by atoms with E-state index in [0.717, 1.165) is 4.57 Å². The maximum atomic E-state index is 12.2. The number of carbonyl (C=O) groups excluding carboxylic acids is 2. The third-order valence-corrected chi connectivity index (χ3v) is 4.21. The summed E-state index contributed by atoms with van der Waals surface area (Å²) in [5, 5.41) is 8.84. The molecule has 3 rings (SSSR count). The maximum absolute atomic E-state index is 12.2. The van der Waals surface area contributed by atoms with Crippen LogP contribution in [0.5, 0.6) is 0 Å². The normalized spacial score (nSPS) is 25.7. The van der Waals surface area contributed by atoms with E-state index in [9.17, 15) is 14.4 Å². The van der Waals surface area contributed by atoms with Crippen LogP contribution in [-0.2, 0) is 23.7 Å². The Balaban J connectivity index is 1.61. The van der Waals surface area contributed by atoms with Gasteiger partial charge in [-0.2, -0.15) is 4.98 Å². The van der Waals surface area contributed by atoms with Crippen LogP contribution in [0.1, 0.15) is 33.4 Å².